The fraction of sp³-hybridized carbons (Fsp3) is 0.467. The molecule has 23 heavy (non-hydrogen) atoms. The summed E-state index contributed by atoms with van der Waals surface area (Å²) in [5.74, 6) is -0.935. The maximum atomic E-state index is 11.9. The number of rotatable bonds is 9. The van der Waals surface area contributed by atoms with Gasteiger partial charge in [-0.2, -0.15) is 0 Å². The molecule has 128 valence electrons. The standard InChI is InChI=1S/C15H21NO7/c16-10(6-9-4-2-1-3-5-9)15(22)23-12(8-18)14(21)13(20)11(19)7-17/h1-5,8,10-14,17,19-21H,6-7,16H2/t10?,11-,12+,13-,14-/m1/s1. The lowest BCUT2D eigenvalue weighted by Gasteiger charge is -2.26. The van der Waals surface area contributed by atoms with Gasteiger partial charge in [0.25, 0.3) is 0 Å². The zero-order valence-corrected chi connectivity index (χ0v) is 12.4. The van der Waals surface area contributed by atoms with Gasteiger partial charge in [-0.1, -0.05) is 30.3 Å². The van der Waals surface area contributed by atoms with Gasteiger partial charge in [0.1, 0.15) is 24.4 Å². The van der Waals surface area contributed by atoms with Crippen LogP contribution in [0.5, 0.6) is 0 Å². The molecule has 0 radical (unpaired) electrons. The average molecular weight is 327 g/mol. The van der Waals surface area contributed by atoms with Crippen LogP contribution in [0.25, 0.3) is 0 Å². The first-order valence-corrected chi connectivity index (χ1v) is 7.01. The molecule has 0 bridgehead atoms. The molecule has 0 spiro atoms. The van der Waals surface area contributed by atoms with Crippen LogP contribution in [0.15, 0.2) is 30.3 Å². The van der Waals surface area contributed by atoms with Crippen molar-refractivity contribution in [1.29, 1.82) is 0 Å². The van der Waals surface area contributed by atoms with Crippen LogP contribution in [-0.4, -0.2) is 69.7 Å². The highest BCUT2D eigenvalue weighted by Gasteiger charge is 2.34. The Morgan fingerprint density at radius 2 is 1.78 bits per heavy atom. The van der Waals surface area contributed by atoms with Crippen molar-refractivity contribution in [2.45, 2.75) is 36.9 Å². The number of benzene rings is 1. The second kappa shape index (κ2) is 9.33. The quantitative estimate of drug-likeness (QED) is 0.252. The van der Waals surface area contributed by atoms with Crippen molar-refractivity contribution in [2.24, 2.45) is 5.73 Å². The molecular formula is C15H21NO7. The fourth-order valence-electron chi connectivity index (χ4n) is 1.88. The van der Waals surface area contributed by atoms with Crippen molar-refractivity contribution in [3.8, 4) is 0 Å². The van der Waals surface area contributed by atoms with E-state index in [9.17, 15) is 24.9 Å². The number of carbonyl (C=O) groups is 2. The van der Waals surface area contributed by atoms with E-state index in [2.05, 4.69) is 0 Å². The molecule has 0 aliphatic carbocycles. The molecule has 1 unspecified atom stereocenters. The van der Waals surface area contributed by atoms with Gasteiger partial charge in [0.2, 0.25) is 0 Å². The van der Waals surface area contributed by atoms with Gasteiger partial charge in [0.15, 0.2) is 12.4 Å². The summed E-state index contributed by atoms with van der Waals surface area (Å²) >= 11 is 0. The van der Waals surface area contributed by atoms with Crippen LogP contribution >= 0.6 is 0 Å². The van der Waals surface area contributed by atoms with Crippen LogP contribution in [0, 0.1) is 0 Å². The number of hydrogen-bond acceptors (Lipinski definition) is 8. The number of hydrogen-bond donors (Lipinski definition) is 5. The normalized spacial score (nSPS) is 17.6. The molecule has 8 nitrogen and oxygen atoms in total. The van der Waals surface area contributed by atoms with Crippen molar-refractivity contribution in [1.82, 2.24) is 0 Å². The third-order valence-corrected chi connectivity index (χ3v) is 3.26. The highest BCUT2D eigenvalue weighted by Crippen LogP contribution is 2.09. The molecule has 1 aromatic carbocycles. The van der Waals surface area contributed by atoms with Gasteiger partial charge in [0.05, 0.1) is 6.61 Å². The summed E-state index contributed by atoms with van der Waals surface area (Å²) in [5.41, 5.74) is 6.48. The number of aliphatic hydroxyl groups excluding tert-OH is 4. The summed E-state index contributed by atoms with van der Waals surface area (Å²) in [4.78, 5) is 22.8. The number of ether oxygens (including phenoxy) is 1. The summed E-state index contributed by atoms with van der Waals surface area (Å²) in [6.45, 7) is -0.828. The molecule has 0 saturated carbocycles. The van der Waals surface area contributed by atoms with E-state index < -0.39 is 43.0 Å². The van der Waals surface area contributed by atoms with E-state index in [-0.39, 0.29) is 12.7 Å². The molecule has 6 N–H and O–H groups in total. The summed E-state index contributed by atoms with van der Waals surface area (Å²) in [5, 5.41) is 37.2. The van der Waals surface area contributed by atoms with E-state index in [4.69, 9.17) is 15.6 Å². The highest BCUT2D eigenvalue weighted by atomic mass is 16.6. The Labute approximate surface area is 133 Å². The SMILES string of the molecule is NC(Cc1ccccc1)C(=O)O[C@@H](C=O)[C@@H](O)[C@H](O)[C@H](O)CO. The predicted octanol–water partition coefficient (Wildman–Crippen LogP) is -2.26. The maximum absolute atomic E-state index is 11.9. The smallest absolute Gasteiger partial charge is 0.324 e. The Morgan fingerprint density at radius 1 is 1.17 bits per heavy atom. The Kier molecular flexibility index (Phi) is 7.79. The lowest BCUT2D eigenvalue weighted by molar-refractivity contribution is -0.169. The molecule has 0 aliphatic rings. The maximum Gasteiger partial charge on any atom is 0.324 e. The first kappa shape index (κ1) is 19.2. The molecule has 0 aromatic heterocycles. The molecule has 0 amide bonds. The fourth-order valence-corrected chi connectivity index (χ4v) is 1.88. The second-order valence-corrected chi connectivity index (χ2v) is 5.06. The first-order chi connectivity index (χ1) is 10.9. The summed E-state index contributed by atoms with van der Waals surface area (Å²) in [6, 6.07) is 7.82. The van der Waals surface area contributed by atoms with Gasteiger partial charge in [-0.05, 0) is 12.0 Å². The third kappa shape index (κ3) is 5.70. The van der Waals surface area contributed by atoms with E-state index in [0.29, 0.717) is 0 Å². The van der Waals surface area contributed by atoms with E-state index in [0.717, 1.165) is 5.56 Å². The Hall–Kier alpha value is -1.84. The molecule has 0 saturated heterocycles. The molecule has 0 heterocycles. The number of aldehydes is 1. The molecule has 8 heteroatoms. The van der Waals surface area contributed by atoms with E-state index in [1.54, 1.807) is 30.3 Å². The lowest BCUT2D eigenvalue weighted by atomic mass is 10.0. The van der Waals surface area contributed by atoms with Gasteiger partial charge in [-0.3, -0.25) is 9.59 Å². The lowest BCUT2D eigenvalue weighted by Crippen LogP contribution is -2.49. The molecule has 5 atom stereocenters. The minimum Gasteiger partial charge on any atom is -0.451 e. The van der Waals surface area contributed by atoms with Crippen molar-refractivity contribution in [3.05, 3.63) is 35.9 Å². The van der Waals surface area contributed by atoms with E-state index in [1.807, 2.05) is 0 Å². The number of aliphatic hydroxyl groups is 4. The second-order valence-electron chi connectivity index (χ2n) is 5.06. The topological polar surface area (TPSA) is 150 Å². The van der Waals surface area contributed by atoms with Gasteiger partial charge in [-0.25, -0.2) is 0 Å². The van der Waals surface area contributed by atoms with Gasteiger partial charge in [-0.15, -0.1) is 0 Å². The van der Waals surface area contributed by atoms with Crippen LogP contribution in [0.1, 0.15) is 5.56 Å². The van der Waals surface area contributed by atoms with Crippen LogP contribution in [0.4, 0.5) is 0 Å². The molecule has 1 rings (SSSR count). The van der Waals surface area contributed by atoms with Gasteiger partial charge >= 0.3 is 5.97 Å². The van der Waals surface area contributed by atoms with Crippen molar-refractivity contribution in [2.75, 3.05) is 6.61 Å². The van der Waals surface area contributed by atoms with E-state index >= 15 is 0 Å². The minimum absolute atomic E-state index is 0.116. The summed E-state index contributed by atoms with van der Waals surface area (Å²) in [6.07, 6.45) is -6.84. The summed E-state index contributed by atoms with van der Waals surface area (Å²) < 4.78 is 4.78. The van der Waals surface area contributed by atoms with Gasteiger partial charge < -0.3 is 30.9 Å². The van der Waals surface area contributed by atoms with Crippen LogP contribution in [0.3, 0.4) is 0 Å². The number of nitrogens with two attached hydrogens (primary N) is 1. The predicted molar refractivity (Wildman–Crippen MR) is 79.2 cm³/mol. The van der Waals surface area contributed by atoms with Crippen molar-refractivity contribution in [3.63, 3.8) is 0 Å². The number of carbonyl (C=O) groups excluding carboxylic acids is 2. The average Bonchev–Trinajstić information content (AvgIpc) is 2.58. The number of esters is 1. The van der Waals surface area contributed by atoms with Crippen molar-refractivity contribution >= 4 is 12.3 Å². The molecule has 0 fully saturated rings. The Bertz CT molecular complexity index is 496. The van der Waals surface area contributed by atoms with Crippen LogP contribution in [0.2, 0.25) is 0 Å². The van der Waals surface area contributed by atoms with Crippen molar-refractivity contribution < 1.29 is 34.8 Å². The Balaban J connectivity index is 2.63. The van der Waals surface area contributed by atoms with Crippen LogP contribution in [-0.2, 0) is 20.7 Å². The third-order valence-electron chi connectivity index (χ3n) is 3.26. The first-order valence-electron chi connectivity index (χ1n) is 7.01. The molecule has 0 aliphatic heterocycles. The molecular weight excluding hydrogens is 306 g/mol. The van der Waals surface area contributed by atoms with Crippen LogP contribution < -0.4 is 5.73 Å². The largest absolute Gasteiger partial charge is 0.451 e. The zero-order valence-electron chi connectivity index (χ0n) is 12.4. The molecule has 1 aromatic rings. The summed E-state index contributed by atoms with van der Waals surface area (Å²) in [7, 11) is 0. The van der Waals surface area contributed by atoms with E-state index in [1.165, 1.54) is 0 Å². The monoisotopic (exact) mass is 327 g/mol. The zero-order chi connectivity index (χ0) is 17.4. The highest BCUT2D eigenvalue weighted by molar-refractivity contribution is 5.78. The Morgan fingerprint density at radius 3 is 2.30 bits per heavy atom. The van der Waals surface area contributed by atoms with Gasteiger partial charge in [0, 0.05) is 0 Å². The minimum atomic E-state index is -1.89.